The molecule has 2 aromatic rings. The number of hydrogen-bond acceptors (Lipinski definition) is 3. The van der Waals surface area contributed by atoms with Gasteiger partial charge in [-0.2, -0.15) is 0 Å². The molecule has 0 saturated carbocycles. The normalized spacial score (nSPS) is 10.1. The quantitative estimate of drug-likeness (QED) is 0.765. The van der Waals surface area contributed by atoms with Gasteiger partial charge in [-0.15, -0.1) is 0 Å². The molecule has 1 amide bonds. The molecule has 0 spiro atoms. The average molecular weight is 283 g/mol. The van der Waals surface area contributed by atoms with Crippen molar-refractivity contribution >= 4 is 17.4 Å². The smallest absolute Gasteiger partial charge is 0.225 e. The lowest BCUT2D eigenvalue weighted by Crippen LogP contribution is -2.11. The van der Waals surface area contributed by atoms with Crippen molar-refractivity contribution in [3.8, 4) is 0 Å². The van der Waals surface area contributed by atoms with E-state index in [1.54, 1.807) is 6.20 Å². The minimum atomic E-state index is -0.0222. The van der Waals surface area contributed by atoms with Gasteiger partial charge >= 0.3 is 0 Å². The predicted molar refractivity (Wildman–Crippen MR) is 86.4 cm³/mol. The van der Waals surface area contributed by atoms with Crippen LogP contribution in [0.5, 0.6) is 0 Å². The zero-order valence-corrected chi connectivity index (χ0v) is 12.3. The number of nitrogens with zero attached hydrogens (tertiary/aromatic N) is 1. The van der Waals surface area contributed by atoms with E-state index < -0.39 is 0 Å². The first kappa shape index (κ1) is 15.0. The summed E-state index contributed by atoms with van der Waals surface area (Å²) in [6.07, 6.45) is 4.33. The van der Waals surface area contributed by atoms with Crippen molar-refractivity contribution in [3.05, 3.63) is 54.2 Å². The largest absolute Gasteiger partial charge is 0.384 e. The molecule has 2 N–H and O–H groups in total. The number of amides is 1. The maximum atomic E-state index is 11.2. The fourth-order valence-electron chi connectivity index (χ4n) is 1.97. The Hall–Kier alpha value is -2.36. The highest BCUT2D eigenvalue weighted by molar-refractivity contribution is 5.89. The number of benzene rings is 1. The number of aromatic nitrogens is 1. The molecule has 0 aliphatic carbocycles. The van der Waals surface area contributed by atoms with E-state index in [2.05, 4.69) is 39.9 Å². The standard InChI is InChI=1S/C17H21N3O/c1-2-17(21)20-16-11-10-15(13-19-16)18-12-6-9-14-7-4-3-5-8-14/h3-5,7-8,10-11,13,18H,2,6,9,12H2,1H3,(H,19,20,21). The zero-order chi connectivity index (χ0) is 14.9. The summed E-state index contributed by atoms with van der Waals surface area (Å²) >= 11 is 0. The minimum absolute atomic E-state index is 0.0222. The first-order chi connectivity index (χ1) is 10.3. The third-order valence-corrected chi connectivity index (χ3v) is 3.17. The van der Waals surface area contributed by atoms with E-state index in [0.29, 0.717) is 12.2 Å². The van der Waals surface area contributed by atoms with Crippen LogP contribution in [0.1, 0.15) is 25.3 Å². The van der Waals surface area contributed by atoms with Crippen molar-refractivity contribution in [2.75, 3.05) is 17.2 Å². The van der Waals surface area contributed by atoms with E-state index >= 15 is 0 Å². The Morgan fingerprint density at radius 1 is 1.14 bits per heavy atom. The predicted octanol–water partition coefficient (Wildman–Crippen LogP) is 3.47. The number of carbonyl (C=O) groups excluding carboxylic acids is 1. The summed E-state index contributed by atoms with van der Waals surface area (Å²) < 4.78 is 0. The fraction of sp³-hybridized carbons (Fsp3) is 0.294. The van der Waals surface area contributed by atoms with E-state index in [1.165, 1.54) is 5.56 Å². The number of anilines is 2. The molecule has 1 aromatic carbocycles. The first-order valence-electron chi connectivity index (χ1n) is 7.31. The van der Waals surface area contributed by atoms with E-state index in [0.717, 1.165) is 25.1 Å². The van der Waals surface area contributed by atoms with Gasteiger partial charge in [0.1, 0.15) is 5.82 Å². The number of pyridine rings is 1. The maximum absolute atomic E-state index is 11.2. The van der Waals surface area contributed by atoms with Crippen LogP contribution >= 0.6 is 0 Å². The third kappa shape index (κ3) is 5.26. The second-order valence-electron chi connectivity index (χ2n) is 4.85. The van der Waals surface area contributed by atoms with Crippen molar-refractivity contribution in [2.24, 2.45) is 0 Å². The topological polar surface area (TPSA) is 54.0 Å². The highest BCUT2D eigenvalue weighted by Gasteiger charge is 2.00. The number of carbonyl (C=O) groups is 1. The monoisotopic (exact) mass is 283 g/mol. The Bertz CT molecular complexity index is 552. The number of nitrogens with one attached hydrogen (secondary N) is 2. The van der Waals surface area contributed by atoms with Crippen molar-refractivity contribution in [1.29, 1.82) is 0 Å². The Balaban J connectivity index is 1.72. The molecule has 21 heavy (non-hydrogen) atoms. The Labute approximate surface area is 125 Å². The lowest BCUT2D eigenvalue weighted by molar-refractivity contribution is -0.115. The molecular weight excluding hydrogens is 262 g/mol. The van der Waals surface area contributed by atoms with Crippen LogP contribution in [-0.4, -0.2) is 17.4 Å². The highest BCUT2D eigenvalue weighted by atomic mass is 16.1. The molecular formula is C17H21N3O. The number of rotatable bonds is 7. The molecule has 0 unspecified atom stereocenters. The van der Waals surface area contributed by atoms with Gasteiger partial charge in [-0.05, 0) is 30.5 Å². The number of aryl methyl sites for hydroxylation is 1. The van der Waals surface area contributed by atoms with Gasteiger partial charge in [-0.25, -0.2) is 4.98 Å². The molecule has 0 saturated heterocycles. The number of hydrogen-bond donors (Lipinski definition) is 2. The van der Waals surface area contributed by atoms with Crippen molar-refractivity contribution in [2.45, 2.75) is 26.2 Å². The van der Waals surface area contributed by atoms with E-state index in [-0.39, 0.29) is 5.91 Å². The van der Waals surface area contributed by atoms with Crippen LogP contribution in [0.15, 0.2) is 48.7 Å². The van der Waals surface area contributed by atoms with Gasteiger partial charge in [0.05, 0.1) is 11.9 Å². The van der Waals surface area contributed by atoms with Gasteiger partial charge in [0.15, 0.2) is 0 Å². The lowest BCUT2D eigenvalue weighted by atomic mass is 10.1. The molecule has 0 aliphatic heterocycles. The second-order valence-corrected chi connectivity index (χ2v) is 4.85. The van der Waals surface area contributed by atoms with Gasteiger partial charge < -0.3 is 10.6 Å². The summed E-state index contributed by atoms with van der Waals surface area (Å²) in [5.74, 6) is 0.572. The molecule has 4 heteroatoms. The molecule has 0 radical (unpaired) electrons. The summed E-state index contributed by atoms with van der Waals surface area (Å²) in [6.45, 7) is 2.72. The zero-order valence-electron chi connectivity index (χ0n) is 12.3. The van der Waals surface area contributed by atoms with Crippen LogP contribution in [0.4, 0.5) is 11.5 Å². The summed E-state index contributed by atoms with van der Waals surface area (Å²) in [5.41, 5.74) is 2.33. The molecule has 110 valence electrons. The van der Waals surface area contributed by atoms with Crippen molar-refractivity contribution < 1.29 is 4.79 Å². The Kier molecular flexibility index (Phi) is 5.76. The maximum Gasteiger partial charge on any atom is 0.225 e. The lowest BCUT2D eigenvalue weighted by Gasteiger charge is -2.07. The summed E-state index contributed by atoms with van der Waals surface area (Å²) in [7, 11) is 0. The van der Waals surface area contributed by atoms with Gasteiger partial charge in [-0.3, -0.25) is 4.79 Å². The molecule has 4 nitrogen and oxygen atoms in total. The molecule has 2 rings (SSSR count). The van der Waals surface area contributed by atoms with Crippen molar-refractivity contribution in [1.82, 2.24) is 4.98 Å². The molecule has 0 atom stereocenters. The van der Waals surface area contributed by atoms with Crippen LogP contribution in [-0.2, 0) is 11.2 Å². The fourth-order valence-corrected chi connectivity index (χ4v) is 1.97. The second kappa shape index (κ2) is 8.04. The van der Waals surface area contributed by atoms with E-state index in [1.807, 2.05) is 25.1 Å². The van der Waals surface area contributed by atoms with Gasteiger partial charge in [0.2, 0.25) is 5.91 Å². The highest BCUT2D eigenvalue weighted by Crippen LogP contribution is 2.10. The van der Waals surface area contributed by atoms with Crippen LogP contribution < -0.4 is 10.6 Å². The SMILES string of the molecule is CCC(=O)Nc1ccc(NCCCc2ccccc2)cn1. The summed E-state index contributed by atoms with van der Waals surface area (Å²) in [5, 5.41) is 6.06. The Morgan fingerprint density at radius 2 is 1.95 bits per heavy atom. The Morgan fingerprint density at radius 3 is 2.62 bits per heavy atom. The van der Waals surface area contributed by atoms with Gasteiger partial charge in [-0.1, -0.05) is 37.3 Å². The molecule has 0 fully saturated rings. The van der Waals surface area contributed by atoms with Crippen molar-refractivity contribution in [3.63, 3.8) is 0 Å². The minimum Gasteiger partial charge on any atom is -0.384 e. The third-order valence-electron chi connectivity index (χ3n) is 3.17. The first-order valence-corrected chi connectivity index (χ1v) is 7.31. The van der Waals surface area contributed by atoms with Gasteiger partial charge in [0, 0.05) is 13.0 Å². The van der Waals surface area contributed by atoms with Crippen LogP contribution in [0, 0.1) is 0 Å². The molecule has 1 aromatic heterocycles. The molecule has 0 aliphatic rings. The van der Waals surface area contributed by atoms with E-state index in [4.69, 9.17) is 0 Å². The molecule has 1 heterocycles. The molecule has 0 bridgehead atoms. The van der Waals surface area contributed by atoms with E-state index in [9.17, 15) is 4.79 Å². The van der Waals surface area contributed by atoms with Gasteiger partial charge in [0.25, 0.3) is 0 Å². The van der Waals surface area contributed by atoms with Crippen LogP contribution in [0.25, 0.3) is 0 Å². The van der Waals surface area contributed by atoms with Crippen LogP contribution in [0.2, 0.25) is 0 Å². The summed E-state index contributed by atoms with van der Waals surface area (Å²) in [4.78, 5) is 15.5. The van der Waals surface area contributed by atoms with Crippen LogP contribution in [0.3, 0.4) is 0 Å². The average Bonchev–Trinajstić information content (AvgIpc) is 2.54. The summed E-state index contributed by atoms with van der Waals surface area (Å²) in [6, 6.07) is 14.2.